The van der Waals surface area contributed by atoms with Gasteiger partial charge in [0.25, 0.3) is 0 Å². The number of anilines is 3. The van der Waals surface area contributed by atoms with Gasteiger partial charge in [-0.05, 0) is 31.2 Å². The summed E-state index contributed by atoms with van der Waals surface area (Å²) in [7, 11) is 0. The predicted molar refractivity (Wildman–Crippen MR) is 132 cm³/mol. The minimum atomic E-state index is 1.26. The van der Waals surface area contributed by atoms with Crippen LogP contribution in [0.4, 0.5) is 17.1 Å². The summed E-state index contributed by atoms with van der Waals surface area (Å²) in [6.45, 7) is 2.17. The van der Waals surface area contributed by atoms with Crippen molar-refractivity contribution in [3.8, 4) is 0 Å². The average molecular weight is 428 g/mol. The number of hydrogen-bond donors (Lipinski definition) is 0. The van der Waals surface area contributed by atoms with Crippen LogP contribution in [-0.4, -0.2) is 0 Å². The van der Waals surface area contributed by atoms with Crippen LogP contribution in [0, 0.1) is 6.92 Å². The van der Waals surface area contributed by atoms with E-state index in [-0.39, 0.29) is 0 Å². The van der Waals surface area contributed by atoms with Crippen molar-refractivity contribution in [2.45, 2.75) is 6.92 Å². The molecule has 0 amide bonds. The number of nitrogens with zero attached hydrogens (tertiary/aromatic N) is 1. The Kier molecular flexibility index (Phi) is 3.98. The number of rotatable bonds is 3. The summed E-state index contributed by atoms with van der Waals surface area (Å²) in [6.07, 6.45) is 0. The van der Waals surface area contributed by atoms with Gasteiger partial charge in [0, 0.05) is 46.4 Å². The van der Waals surface area contributed by atoms with Gasteiger partial charge in [0.05, 0.1) is 17.1 Å². The maximum atomic E-state index is 2.47. The smallest absolute Gasteiger partial charge is 0.0648 e. The van der Waals surface area contributed by atoms with Crippen LogP contribution in [0.25, 0.3) is 30.3 Å². The third kappa shape index (κ3) is 2.71. The highest BCUT2D eigenvalue weighted by Gasteiger charge is 2.22. The van der Waals surface area contributed by atoms with E-state index in [1.54, 1.807) is 0 Å². The summed E-state index contributed by atoms with van der Waals surface area (Å²) in [4.78, 5) is 2.47. The first-order chi connectivity index (χ1) is 14.3. The van der Waals surface area contributed by atoms with Gasteiger partial charge < -0.3 is 4.90 Å². The first kappa shape index (κ1) is 17.2. The van der Waals surface area contributed by atoms with Gasteiger partial charge in [0.1, 0.15) is 0 Å². The Morgan fingerprint density at radius 3 is 1.62 bits per heavy atom. The van der Waals surface area contributed by atoms with Gasteiger partial charge in [-0.2, -0.15) is 0 Å². The summed E-state index contributed by atoms with van der Waals surface area (Å²) in [5.74, 6) is 0. The first-order valence-electron chi connectivity index (χ1n) is 9.50. The number of benzene rings is 3. The van der Waals surface area contributed by atoms with Gasteiger partial charge in [0.15, 0.2) is 0 Å². The van der Waals surface area contributed by atoms with Gasteiger partial charge in [-0.3, -0.25) is 0 Å². The molecule has 0 saturated carbocycles. The fraction of sp³-hybridized carbons (Fsp3) is 0.0400. The van der Waals surface area contributed by atoms with Crippen LogP contribution < -0.4 is 4.90 Å². The van der Waals surface area contributed by atoms with E-state index < -0.39 is 0 Å². The van der Waals surface area contributed by atoms with Gasteiger partial charge in [0.2, 0.25) is 0 Å². The lowest BCUT2D eigenvalue weighted by Crippen LogP contribution is -2.08. The minimum absolute atomic E-state index is 1.26. The lowest BCUT2D eigenvalue weighted by molar-refractivity contribution is 1.36. The molecule has 0 aliphatic carbocycles. The highest BCUT2D eigenvalue weighted by Crippen LogP contribution is 2.49. The van der Waals surface area contributed by atoms with E-state index in [0.717, 1.165) is 0 Å². The van der Waals surface area contributed by atoms with Crippen molar-refractivity contribution in [1.29, 1.82) is 0 Å². The first-order valence-corrected chi connectivity index (χ1v) is 12.1. The van der Waals surface area contributed by atoms with E-state index in [0.29, 0.717) is 0 Å². The minimum Gasteiger partial charge on any atom is -0.306 e. The van der Waals surface area contributed by atoms with Crippen LogP contribution in [0.1, 0.15) is 5.56 Å². The van der Waals surface area contributed by atoms with Crippen molar-refractivity contribution in [3.63, 3.8) is 0 Å². The molecule has 1 nitrogen and oxygen atoms in total. The quantitative estimate of drug-likeness (QED) is 0.272. The highest BCUT2D eigenvalue weighted by molar-refractivity contribution is 7.19. The van der Waals surface area contributed by atoms with Crippen molar-refractivity contribution in [2.24, 2.45) is 0 Å². The second-order valence-electron chi connectivity index (χ2n) is 7.19. The topological polar surface area (TPSA) is 3.24 Å². The monoisotopic (exact) mass is 427 g/mol. The van der Waals surface area contributed by atoms with E-state index in [2.05, 4.69) is 94.7 Å². The zero-order chi connectivity index (χ0) is 19.4. The molecule has 3 aromatic heterocycles. The van der Waals surface area contributed by atoms with Crippen LogP contribution in [0.3, 0.4) is 0 Å². The number of thiophene rings is 3. The molecule has 140 valence electrons. The van der Waals surface area contributed by atoms with Gasteiger partial charge in [-0.25, -0.2) is 0 Å². The lowest BCUT2D eigenvalue weighted by Gasteiger charge is -2.24. The third-order valence-corrected chi connectivity index (χ3v) is 8.21. The largest absolute Gasteiger partial charge is 0.306 e. The van der Waals surface area contributed by atoms with Crippen LogP contribution in [0.15, 0.2) is 82.9 Å². The Morgan fingerprint density at radius 2 is 1.03 bits per heavy atom. The summed E-state index contributed by atoms with van der Waals surface area (Å²) in [5, 5.41) is 10.8. The van der Waals surface area contributed by atoms with E-state index in [9.17, 15) is 0 Å². The highest BCUT2D eigenvalue weighted by atomic mass is 32.1. The van der Waals surface area contributed by atoms with Crippen LogP contribution >= 0.6 is 34.0 Å². The molecule has 4 heteroatoms. The summed E-state index contributed by atoms with van der Waals surface area (Å²) < 4.78 is 3.97. The maximum Gasteiger partial charge on any atom is 0.0648 e. The lowest BCUT2D eigenvalue weighted by atomic mass is 10.1. The second kappa shape index (κ2) is 6.70. The average Bonchev–Trinajstić information content (AvgIpc) is 3.47. The molecule has 0 aliphatic heterocycles. The molecule has 3 heterocycles. The molecule has 0 radical (unpaired) electrons. The molecule has 0 N–H and O–H groups in total. The number of hydrogen-bond acceptors (Lipinski definition) is 4. The fourth-order valence-corrected chi connectivity index (χ4v) is 6.73. The summed E-state index contributed by atoms with van der Waals surface area (Å²) in [6, 6.07) is 24.2. The molecule has 0 atom stereocenters. The molecule has 3 aromatic carbocycles. The normalized spacial score (nSPS) is 11.6. The predicted octanol–water partition coefficient (Wildman–Crippen LogP) is 9.11. The van der Waals surface area contributed by atoms with Gasteiger partial charge in [-0.1, -0.05) is 48.0 Å². The molecule has 0 fully saturated rings. The van der Waals surface area contributed by atoms with Crippen LogP contribution in [-0.2, 0) is 0 Å². The zero-order valence-electron chi connectivity index (χ0n) is 15.8. The Bertz CT molecular complexity index is 1410. The number of aryl methyl sites for hydroxylation is 1. The Hall–Kier alpha value is -2.66. The van der Waals surface area contributed by atoms with E-state index in [4.69, 9.17) is 0 Å². The Labute approximate surface area is 181 Å². The molecule has 0 aliphatic rings. The molecule has 6 rings (SSSR count). The standard InChI is InChI=1S/C25H17NS3/c1-16-10-11-25-19(12-16)22(15-29-25)26(20-13-27-23-8-4-2-6-17(20)23)21-14-28-24-9-5-3-7-18(21)24/h2-15H,1H3. The summed E-state index contributed by atoms with van der Waals surface area (Å²) in [5.41, 5.74) is 5.08. The van der Waals surface area contributed by atoms with Crippen LogP contribution in [0.2, 0.25) is 0 Å². The molecule has 0 spiro atoms. The maximum absolute atomic E-state index is 2.47. The van der Waals surface area contributed by atoms with Crippen molar-refractivity contribution in [2.75, 3.05) is 4.90 Å². The summed E-state index contributed by atoms with van der Waals surface area (Å²) >= 11 is 5.45. The van der Waals surface area contributed by atoms with Crippen molar-refractivity contribution in [1.82, 2.24) is 0 Å². The molecular formula is C25H17NS3. The molecular weight excluding hydrogens is 410 g/mol. The van der Waals surface area contributed by atoms with Crippen molar-refractivity contribution in [3.05, 3.63) is 88.4 Å². The van der Waals surface area contributed by atoms with Gasteiger partial charge in [-0.15, -0.1) is 34.0 Å². The zero-order valence-corrected chi connectivity index (χ0v) is 18.2. The molecule has 6 aromatic rings. The van der Waals surface area contributed by atoms with E-state index in [1.807, 2.05) is 34.0 Å². The van der Waals surface area contributed by atoms with Crippen molar-refractivity contribution < 1.29 is 0 Å². The molecule has 0 unspecified atom stereocenters. The van der Waals surface area contributed by atoms with E-state index in [1.165, 1.54) is 52.9 Å². The fourth-order valence-electron chi connectivity index (χ4n) is 3.97. The third-order valence-electron chi connectivity index (χ3n) is 5.35. The SMILES string of the molecule is Cc1ccc2scc(N(c3csc4ccccc34)c3csc4ccccc34)c2c1. The second-order valence-corrected chi connectivity index (χ2v) is 9.92. The molecule has 0 bridgehead atoms. The molecule has 29 heavy (non-hydrogen) atoms. The van der Waals surface area contributed by atoms with Gasteiger partial charge >= 0.3 is 0 Å². The van der Waals surface area contributed by atoms with E-state index >= 15 is 0 Å². The Morgan fingerprint density at radius 1 is 0.552 bits per heavy atom. The van der Waals surface area contributed by atoms with Crippen LogP contribution in [0.5, 0.6) is 0 Å². The van der Waals surface area contributed by atoms with Crippen molar-refractivity contribution >= 4 is 81.3 Å². The Balaban J connectivity index is 1.70. The number of fused-ring (bicyclic) bond motifs is 3. The molecule has 0 saturated heterocycles.